The van der Waals surface area contributed by atoms with E-state index in [2.05, 4.69) is 5.32 Å². The molecule has 0 spiro atoms. The van der Waals surface area contributed by atoms with Crippen LogP contribution in [0.5, 0.6) is 0 Å². The summed E-state index contributed by atoms with van der Waals surface area (Å²) in [5.74, 6) is 1.84. The Kier molecular flexibility index (Phi) is 3.11. The quantitative estimate of drug-likeness (QED) is 0.550. The molecular weight excluding hydrogens is 144 g/mol. The summed E-state index contributed by atoms with van der Waals surface area (Å²) in [6, 6.07) is 0. The normalized spacial score (nSPS) is 18.3. The van der Waals surface area contributed by atoms with Crippen LogP contribution in [0.4, 0.5) is 0 Å². The second-order valence-electron chi connectivity index (χ2n) is 2.25. The Labute approximate surface area is 65.8 Å². The highest BCUT2D eigenvalue weighted by Crippen LogP contribution is 2.03. The summed E-state index contributed by atoms with van der Waals surface area (Å²) in [5.41, 5.74) is 0.554. The SMILES string of the molecule is CCON1CCNCC1=C=O. The molecule has 4 heteroatoms. The van der Waals surface area contributed by atoms with E-state index >= 15 is 0 Å². The molecule has 0 radical (unpaired) electrons. The van der Waals surface area contributed by atoms with Gasteiger partial charge in [0.2, 0.25) is 0 Å². The zero-order valence-corrected chi connectivity index (χ0v) is 6.59. The predicted molar refractivity (Wildman–Crippen MR) is 40.4 cm³/mol. The zero-order valence-electron chi connectivity index (χ0n) is 6.59. The molecule has 0 amide bonds. The minimum Gasteiger partial charge on any atom is -0.309 e. The lowest BCUT2D eigenvalue weighted by atomic mass is 10.3. The van der Waals surface area contributed by atoms with Gasteiger partial charge in [0.25, 0.3) is 0 Å². The maximum absolute atomic E-state index is 10.3. The van der Waals surface area contributed by atoms with E-state index in [0.29, 0.717) is 18.8 Å². The van der Waals surface area contributed by atoms with Crippen LogP contribution in [0.2, 0.25) is 0 Å². The van der Waals surface area contributed by atoms with E-state index in [1.807, 2.05) is 12.9 Å². The number of carbonyl (C=O) groups excluding carboxylic acids is 1. The van der Waals surface area contributed by atoms with Crippen LogP contribution in [0.3, 0.4) is 0 Å². The third kappa shape index (κ3) is 2.05. The number of nitrogens with one attached hydrogen (secondary N) is 1. The van der Waals surface area contributed by atoms with E-state index in [4.69, 9.17) is 4.84 Å². The minimum atomic E-state index is 0.554. The summed E-state index contributed by atoms with van der Waals surface area (Å²) in [4.78, 5) is 15.5. The Morgan fingerprint density at radius 3 is 3.27 bits per heavy atom. The topological polar surface area (TPSA) is 41.6 Å². The molecule has 1 saturated heterocycles. The van der Waals surface area contributed by atoms with Gasteiger partial charge in [0, 0.05) is 13.1 Å². The lowest BCUT2D eigenvalue weighted by Gasteiger charge is -2.27. The third-order valence-corrected chi connectivity index (χ3v) is 1.49. The summed E-state index contributed by atoms with van der Waals surface area (Å²) >= 11 is 0. The van der Waals surface area contributed by atoms with Crippen molar-refractivity contribution in [3.63, 3.8) is 0 Å². The highest BCUT2D eigenvalue weighted by Gasteiger charge is 2.14. The Morgan fingerprint density at radius 2 is 2.64 bits per heavy atom. The first-order valence-corrected chi connectivity index (χ1v) is 3.73. The minimum absolute atomic E-state index is 0.554. The molecule has 1 aliphatic rings. The van der Waals surface area contributed by atoms with Crippen molar-refractivity contribution in [1.29, 1.82) is 0 Å². The van der Waals surface area contributed by atoms with Crippen LogP contribution < -0.4 is 5.32 Å². The highest BCUT2D eigenvalue weighted by molar-refractivity contribution is 5.52. The molecule has 0 atom stereocenters. The molecule has 0 aromatic carbocycles. The fourth-order valence-electron chi connectivity index (χ4n) is 0.996. The van der Waals surface area contributed by atoms with E-state index in [9.17, 15) is 4.79 Å². The van der Waals surface area contributed by atoms with Gasteiger partial charge in [-0.1, -0.05) is 0 Å². The van der Waals surface area contributed by atoms with Gasteiger partial charge < -0.3 is 5.32 Å². The first-order chi connectivity index (χ1) is 5.38. The summed E-state index contributed by atoms with van der Waals surface area (Å²) in [5, 5.41) is 4.65. The van der Waals surface area contributed by atoms with Gasteiger partial charge in [-0.2, -0.15) is 0 Å². The van der Waals surface area contributed by atoms with Crippen molar-refractivity contribution >= 4 is 5.94 Å². The summed E-state index contributed by atoms with van der Waals surface area (Å²) in [6.07, 6.45) is 0. The molecule has 1 fully saturated rings. The summed E-state index contributed by atoms with van der Waals surface area (Å²) in [6.45, 7) is 4.61. The molecule has 0 bridgehead atoms. The molecule has 0 saturated carbocycles. The molecule has 0 aromatic rings. The second-order valence-corrected chi connectivity index (χ2v) is 2.25. The van der Waals surface area contributed by atoms with E-state index in [-0.39, 0.29) is 0 Å². The highest BCUT2D eigenvalue weighted by atomic mass is 16.7. The average Bonchev–Trinajstić information content (AvgIpc) is 2.06. The molecule has 0 aromatic heterocycles. The van der Waals surface area contributed by atoms with Crippen LogP contribution >= 0.6 is 0 Å². The van der Waals surface area contributed by atoms with Crippen molar-refractivity contribution in [2.75, 3.05) is 26.2 Å². The first-order valence-electron chi connectivity index (χ1n) is 3.73. The first kappa shape index (κ1) is 8.27. The molecule has 1 rings (SSSR count). The van der Waals surface area contributed by atoms with Crippen molar-refractivity contribution in [2.24, 2.45) is 0 Å². The number of rotatable bonds is 2. The van der Waals surface area contributed by atoms with Gasteiger partial charge in [0.15, 0.2) is 0 Å². The molecule has 11 heavy (non-hydrogen) atoms. The summed E-state index contributed by atoms with van der Waals surface area (Å²) in [7, 11) is 0. The van der Waals surface area contributed by atoms with Crippen molar-refractivity contribution in [1.82, 2.24) is 10.4 Å². The van der Waals surface area contributed by atoms with Crippen LogP contribution in [0.25, 0.3) is 0 Å². The van der Waals surface area contributed by atoms with Crippen LogP contribution in [0.15, 0.2) is 5.70 Å². The van der Waals surface area contributed by atoms with Crippen LogP contribution in [-0.4, -0.2) is 37.2 Å². The van der Waals surface area contributed by atoms with Crippen molar-refractivity contribution in [2.45, 2.75) is 6.92 Å². The molecule has 1 N–H and O–H groups in total. The lowest BCUT2D eigenvalue weighted by molar-refractivity contribution is -0.131. The summed E-state index contributed by atoms with van der Waals surface area (Å²) < 4.78 is 0. The van der Waals surface area contributed by atoms with Crippen LogP contribution in [0.1, 0.15) is 6.92 Å². The van der Waals surface area contributed by atoms with Crippen molar-refractivity contribution in [3.8, 4) is 0 Å². The van der Waals surface area contributed by atoms with E-state index < -0.39 is 0 Å². The van der Waals surface area contributed by atoms with Crippen molar-refractivity contribution < 1.29 is 9.63 Å². The number of hydrogen-bond acceptors (Lipinski definition) is 4. The number of hydrogen-bond donors (Lipinski definition) is 1. The van der Waals surface area contributed by atoms with Gasteiger partial charge in [-0.25, -0.2) is 9.86 Å². The fraction of sp³-hybridized carbons (Fsp3) is 0.714. The number of hydroxylamine groups is 2. The number of piperazine rings is 1. The molecule has 0 aliphatic carbocycles. The fourth-order valence-corrected chi connectivity index (χ4v) is 0.996. The number of nitrogens with zero attached hydrogens (tertiary/aromatic N) is 1. The van der Waals surface area contributed by atoms with E-state index in [0.717, 1.165) is 13.1 Å². The Hall–Kier alpha value is -0.830. The zero-order chi connectivity index (χ0) is 8.10. The largest absolute Gasteiger partial charge is 0.309 e. The molecule has 62 valence electrons. The average molecular weight is 156 g/mol. The molecule has 4 nitrogen and oxygen atoms in total. The molecule has 0 unspecified atom stereocenters. The monoisotopic (exact) mass is 156 g/mol. The smallest absolute Gasteiger partial charge is 0.149 e. The van der Waals surface area contributed by atoms with E-state index in [1.54, 1.807) is 5.06 Å². The maximum atomic E-state index is 10.3. The predicted octanol–water partition coefficient (Wildman–Crippen LogP) is -0.441. The lowest BCUT2D eigenvalue weighted by Crippen LogP contribution is -2.41. The van der Waals surface area contributed by atoms with Gasteiger partial charge in [0.05, 0.1) is 13.2 Å². The molecule has 1 aliphatic heterocycles. The standard InChI is InChI=1S/C7H12N2O2/c1-2-11-9-4-3-8-5-7(9)6-10/h8H,2-5H2,1H3. The van der Waals surface area contributed by atoms with Gasteiger partial charge in [-0.3, -0.25) is 4.84 Å². The van der Waals surface area contributed by atoms with Crippen molar-refractivity contribution in [3.05, 3.63) is 5.70 Å². The second kappa shape index (κ2) is 4.13. The van der Waals surface area contributed by atoms with Gasteiger partial charge in [-0.05, 0) is 6.92 Å². The Balaban J connectivity index is 2.52. The van der Waals surface area contributed by atoms with Crippen LogP contribution in [0, 0.1) is 0 Å². The van der Waals surface area contributed by atoms with Crippen LogP contribution in [-0.2, 0) is 9.63 Å². The Bertz CT molecular complexity index is 173. The van der Waals surface area contributed by atoms with E-state index in [1.165, 1.54) is 0 Å². The van der Waals surface area contributed by atoms with Gasteiger partial charge >= 0.3 is 0 Å². The van der Waals surface area contributed by atoms with Gasteiger partial charge in [0.1, 0.15) is 11.6 Å². The molecule has 1 heterocycles. The maximum Gasteiger partial charge on any atom is 0.149 e. The Morgan fingerprint density at radius 1 is 1.82 bits per heavy atom. The van der Waals surface area contributed by atoms with Gasteiger partial charge in [-0.15, -0.1) is 0 Å². The molecular formula is C7H12N2O2. The third-order valence-electron chi connectivity index (χ3n) is 1.49.